The molecule has 1 aliphatic heterocycles. The fourth-order valence-corrected chi connectivity index (χ4v) is 9.18. The molecular formula is C38H59N. The zero-order valence-electron chi connectivity index (χ0n) is 26.1. The molecule has 1 nitrogen and oxygen atoms in total. The second-order valence-corrected chi connectivity index (χ2v) is 15.0. The van der Waals surface area contributed by atoms with Crippen LogP contribution < -0.4 is 4.90 Å². The quantitative estimate of drug-likeness (QED) is 0.291. The Balaban J connectivity index is 1.27. The SMILES string of the molecule is CCCCC1CCC(CCC(CCC)C2CCC3C(C2)C2C=C(C(C)(C)C)C=CC2N3c2ccccc2)CC1. The van der Waals surface area contributed by atoms with Crippen LogP contribution in [0.2, 0.25) is 0 Å². The number of nitrogens with zero attached hydrogens (tertiary/aromatic N) is 1. The molecule has 0 aromatic heterocycles. The number of rotatable bonds is 10. The summed E-state index contributed by atoms with van der Waals surface area (Å²) >= 11 is 0. The van der Waals surface area contributed by atoms with Crippen molar-refractivity contribution in [2.24, 2.45) is 40.9 Å². The fourth-order valence-electron chi connectivity index (χ4n) is 9.18. The van der Waals surface area contributed by atoms with Gasteiger partial charge < -0.3 is 4.90 Å². The lowest BCUT2D eigenvalue weighted by molar-refractivity contribution is 0.146. The third-order valence-corrected chi connectivity index (χ3v) is 11.4. The van der Waals surface area contributed by atoms with Crippen molar-refractivity contribution >= 4 is 5.69 Å². The molecule has 6 atom stereocenters. The highest BCUT2D eigenvalue weighted by molar-refractivity contribution is 5.54. The molecule has 216 valence electrons. The molecule has 2 saturated carbocycles. The summed E-state index contributed by atoms with van der Waals surface area (Å²) in [5.41, 5.74) is 3.22. The van der Waals surface area contributed by atoms with E-state index >= 15 is 0 Å². The van der Waals surface area contributed by atoms with Gasteiger partial charge in [-0.3, -0.25) is 0 Å². The molecule has 1 saturated heterocycles. The van der Waals surface area contributed by atoms with Crippen LogP contribution in [0.3, 0.4) is 0 Å². The van der Waals surface area contributed by atoms with Gasteiger partial charge in [0, 0.05) is 17.6 Å². The maximum absolute atomic E-state index is 2.84. The Labute approximate surface area is 241 Å². The molecule has 1 heterocycles. The van der Waals surface area contributed by atoms with E-state index in [-0.39, 0.29) is 5.41 Å². The lowest BCUT2D eigenvalue weighted by atomic mass is 9.66. The van der Waals surface area contributed by atoms with Crippen molar-refractivity contribution in [3.8, 4) is 0 Å². The van der Waals surface area contributed by atoms with Gasteiger partial charge in [0.25, 0.3) is 0 Å². The van der Waals surface area contributed by atoms with E-state index in [0.29, 0.717) is 18.0 Å². The Morgan fingerprint density at radius 1 is 0.846 bits per heavy atom. The topological polar surface area (TPSA) is 3.24 Å². The summed E-state index contributed by atoms with van der Waals surface area (Å²) in [6.45, 7) is 12.0. The third-order valence-electron chi connectivity index (χ3n) is 11.4. The molecule has 3 aliphatic carbocycles. The number of allylic oxidation sites excluding steroid dienone is 2. The first-order valence-electron chi connectivity index (χ1n) is 17.1. The van der Waals surface area contributed by atoms with Crippen molar-refractivity contribution in [1.29, 1.82) is 0 Å². The van der Waals surface area contributed by atoms with E-state index in [2.05, 4.69) is 88.1 Å². The molecule has 39 heavy (non-hydrogen) atoms. The van der Waals surface area contributed by atoms with Crippen LogP contribution >= 0.6 is 0 Å². The first-order valence-corrected chi connectivity index (χ1v) is 17.1. The van der Waals surface area contributed by atoms with Crippen molar-refractivity contribution in [2.75, 3.05) is 4.90 Å². The largest absolute Gasteiger partial charge is 0.361 e. The Hall–Kier alpha value is -1.50. The van der Waals surface area contributed by atoms with Crippen LogP contribution in [0.15, 0.2) is 54.1 Å². The number of hydrogen-bond acceptors (Lipinski definition) is 1. The standard InChI is InChI=1S/C38H59N/c1-6-8-13-28-16-18-29(19-17-28)20-21-30(12-7-2)31-22-24-36-34(26-31)35-27-32(38(3,4)5)23-25-37(35)39(36)33-14-10-9-11-15-33/h9-11,14-15,23,25,27-31,34-37H,6-8,12-13,16-22,24,26H2,1-5H3. The molecule has 0 N–H and O–H groups in total. The molecule has 5 rings (SSSR count). The average molecular weight is 530 g/mol. The summed E-state index contributed by atoms with van der Waals surface area (Å²) in [5.74, 6) is 5.40. The summed E-state index contributed by atoms with van der Waals surface area (Å²) in [7, 11) is 0. The molecule has 4 aliphatic rings. The van der Waals surface area contributed by atoms with E-state index in [1.54, 1.807) is 5.57 Å². The van der Waals surface area contributed by atoms with Crippen molar-refractivity contribution in [1.82, 2.24) is 0 Å². The third kappa shape index (κ3) is 6.70. The van der Waals surface area contributed by atoms with Crippen molar-refractivity contribution in [2.45, 2.75) is 137 Å². The summed E-state index contributed by atoms with van der Waals surface area (Å²) in [4.78, 5) is 2.84. The number of benzene rings is 1. The van der Waals surface area contributed by atoms with Crippen molar-refractivity contribution < 1.29 is 0 Å². The first-order chi connectivity index (χ1) is 18.9. The predicted molar refractivity (Wildman–Crippen MR) is 170 cm³/mol. The van der Waals surface area contributed by atoms with Gasteiger partial charge in [0.1, 0.15) is 0 Å². The zero-order chi connectivity index (χ0) is 27.4. The molecule has 0 bridgehead atoms. The number of anilines is 1. The van der Waals surface area contributed by atoms with E-state index in [0.717, 1.165) is 29.6 Å². The lowest BCUT2D eigenvalue weighted by Gasteiger charge is -2.41. The van der Waals surface area contributed by atoms with Crippen LogP contribution in [0.1, 0.15) is 125 Å². The van der Waals surface area contributed by atoms with E-state index in [9.17, 15) is 0 Å². The van der Waals surface area contributed by atoms with Crippen molar-refractivity contribution in [3.63, 3.8) is 0 Å². The number of hydrogen-bond donors (Lipinski definition) is 0. The van der Waals surface area contributed by atoms with Crippen LogP contribution in [0.25, 0.3) is 0 Å². The van der Waals surface area contributed by atoms with E-state index in [1.807, 2.05) is 0 Å². The average Bonchev–Trinajstić information content (AvgIpc) is 3.28. The van der Waals surface area contributed by atoms with Gasteiger partial charge in [-0.2, -0.15) is 0 Å². The minimum atomic E-state index is 0.228. The Morgan fingerprint density at radius 3 is 2.23 bits per heavy atom. The zero-order valence-corrected chi connectivity index (χ0v) is 26.1. The maximum Gasteiger partial charge on any atom is 0.0545 e. The van der Waals surface area contributed by atoms with Crippen molar-refractivity contribution in [3.05, 3.63) is 54.1 Å². The molecule has 1 heteroatoms. The van der Waals surface area contributed by atoms with Gasteiger partial charge in [-0.15, -0.1) is 0 Å². The first kappa shape index (κ1) is 29.0. The van der Waals surface area contributed by atoms with Crippen LogP contribution in [-0.2, 0) is 0 Å². The van der Waals surface area contributed by atoms with Gasteiger partial charge in [0.15, 0.2) is 0 Å². The van der Waals surface area contributed by atoms with E-state index < -0.39 is 0 Å². The minimum absolute atomic E-state index is 0.228. The van der Waals surface area contributed by atoms with Crippen LogP contribution in [-0.4, -0.2) is 12.1 Å². The Bertz CT molecular complexity index is 943. The second kappa shape index (κ2) is 13.0. The highest BCUT2D eigenvalue weighted by atomic mass is 15.2. The monoisotopic (exact) mass is 529 g/mol. The minimum Gasteiger partial charge on any atom is -0.361 e. The molecule has 6 unspecified atom stereocenters. The van der Waals surface area contributed by atoms with Gasteiger partial charge in [-0.1, -0.05) is 135 Å². The van der Waals surface area contributed by atoms with Crippen LogP contribution in [0.5, 0.6) is 0 Å². The number of fused-ring (bicyclic) bond motifs is 3. The lowest BCUT2D eigenvalue weighted by Crippen LogP contribution is -2.40. The molecule has 3 fully saturated rings. The van der Waals surface area contributed by atoms with Gasteiger partial charge >= 0.3 is 0 Å². The van der Waals surface area contributed by atoms with Gasteiger partial charge in [0.05, 0.1) is 6.04 Å². The van der Waals surface area contributed by atoms with Crippen LogP contribution in [0.4, 0.5) is 5.69 Å². The molecule has 0 radical (unpaired) electrons. The second-order valence-electron chi connectivity index (χ2n) is 15.0. The van der Waals surface area contributed by atoms with Crippen LogP contribution in [0, 0.1) is 40.9 Å². The number of unbranched alkanes of at least 4 members (excludes halogenated alkanes) is 1. The normalized spacial score (nSPS) is 33.4. The molecule has 1 aromatic carbocycles. The summed E-state index contributed by atoms with van der Waals surface area (Å²) < 4.78 is 0. The maximum atomic E-state index is 2.84. The molecule has 0 spiro atoms. The summed E-state index contributed by atoms with van der Waals surface area (Å²) in [6, 6.07) is 12.6. The predicted octanol–water partition coefficient (Wildman–Crippen LogP) is 11.0. The molecule has 1 aromatic rings. The highest BCUT2D eigenvalue weighted by Crippen LogP contribution is 2.52. The summed E-state index contributed by atoms with van der Waals surface area (Å²) in [6.07, 6.45) is 28.2. The Kier molecular flexibility index (Phi) is 9.66. The highest BCUT2D eigenvalue weighted by Gasteiger charge is 2.51. The fraction of sp³-hybridized carbons (Fsp3) is 0.737. The summed E-state index contributed by atoms with van der Waals surface area (Å²) in [5, 5.41) is 0. The number of para-hydroxylation sites is 1. The van der Waals surface area contributed by atoms with E-state index in [4.69, 9.17) is 0 Å². The molecular weight excluding hydrogens is 470 g/mol. The van der Waals surface area contributed by atoms with Gasteiger partial charge in [-0.05, 0) is 78.4 Å². The smallest absolute Gasteiger partial charge is 0.0545 e. The Morgan fingerprint density at radius 2 is 1.56 bits per heavy atom. The van der Waals surface area contributed by atoms with E-state index in [1.165, 1.54) is 95.6 Å². The van der Waals surface area contributed by atoms with Gasteiger partial charge in [-0.25, -0.2) is 0 Å². The molecule has 0 amide bonds. The van der Waals surface area contributed by atoms with Gasteiger partial charge in [0.2, 0.25) is 0 Å².